The first-order chi connectivity index (χ1) is 6.36. The maximum Gasteiger partial charge on any atom is 0.189 e. The van der Waals surface area contributed by atoms with Crippen molar-refractivity contribution in [3.63, 3.8) is 0 Å². The van der Waals surface area contributed by atoms with Crippen LogP contribution in [0.25, 0.3) is 11.0 Å². The van der Waals surface area contributed by atoms with E-state index in [1.165, 1.54) is 12.8 Å². The zero-order valence-electron chi connectivity index (χ0n) is 7.16. The Kier molecular flexibility index (Phi) is 1.20. The van der Waals surface area contributed by atoms with Gasteiger partial charge in [0.2, 0.25) is 0 Å². The fourth-order valence-corrected chi connectivity index (χ4v) is 1.65. The number of hydrogen-bond acceptors (Lipinski definition) is 3. The van der Waals surface area contributed by atoms with Gasteiger partial charge in [0.25, 0.3) is 0 Å². The van der Waals surface area contributed by atoms with Crippen molar-refractivity contribution in [1.29, 1.82) is 0 Å². The summed E-state index contributed by atoms with van der Waals surface area (Å²) in [6.45, 7) is 0. The molecule has 1 aromatic heterocycles. The molecule has 3 rings (SSSR count). The third kappa shape index (κ3) is 0.932. The topological polar surface area (TPSA) is 52.0 Å². The number of hydrogen-bond donors (Lipinski definition) is 1. The molecule has 0 radical (unpaired) electrons. The molecule has 0 saturated heterocycles. The van der Waals surface area contributed by atoms with Gasteiger partial charge in [-0.05, 0) is 25.0 Å². The van der Waals surface area contributed by atoms with E-state index in [4.69, 9.17) is 10.3 Å². The minimum atomic E-state index is 0.614. The first-order valence-electron chi connectivity index (χ1n) is 4.50. The first-order valence-corrected chi connectivity index (χ1v) is 4.50. The van der Waals surface area contributed by atoms with Gasteiger partial charge in [-0.3, -0.25) is 0 Å². The molecule has 13 heavy (non-hydrogen) atoms. The van der Waals surface area contributed by atoms with Gasteiger partial charge >= 0.3 is 0 Å². The summed E-state index contributed by atoms with van der Waals surface area (Å²) < 4.78 is 5.21. The van der Waals surface area contributed by atoms with Crippen LogP contribution in [0, 0.1) is 0 Å². The number of nitrogen functional groups attached to an aromatic ring is 1. The van der Waals surface area contributed by atoms with Crippen LogP contribution in [0.15, 0.2) is 22.7 Å². The highest BCUT2D eigenvalue weighted by atomic mass is 16.5. The van der Waals surface area contributed by atoms with E-state index in [-0.39, 0.29) is 0 Å². The molecule has 0 amide bonds. The van der Waals surface area contributed by atoms with Crippen LogP contribution >= 0.6 is 0 Å². The van der Waals surface area contributed by atoms with Crippen molar-refractivity contribution < 1.29 is 4.52 Å². The second-order valence-electron chi connectivity index (χ2n) is 3.57. The molecule has 2 N–H and O–H groups in total. The Hall–Kier alpha value is -1.51. The lowest BCUT2D eigenvalue weighted by Gasteiger charge is -1.92. The standard InChI is InChI=1S/C10H10N2O/c11-8-3-1-2-7-9(6-4-5-6)12-13-10(7)8/h1-3,6H,4-5,11H2. The zero-order chi connectivity index (χ0) is 8.84. The summed E-state index contributed by atoms with van der Waals surface area (Å²) in [7, 11) is 0. The molecule has 2 aromatic rings. The predicted molar refractivity (Wildman–Crippen MR) is 50.4 cm³/mol. The van der Waals surface area contributed by atoms with Crippen LogP contribution in [0.3, 0.4) is 0 Å². The van der Waals surface area contributed by atoms with Crippen molar-refractivity contribution in [3.8, 4) is 0 Å². The molecule has 0 bridgehead atoms. The first kappa shape index (κ1) is 6.95. The molecule has 0 spiro atoms. The van der Waals surface area contributed by atoms with Gasteiger partial charge in [0.1, 0.15) is 0 Å². The Balaban J connectivity index is 2.32. The SMILES string of the molecule is Nc1cccc2c(C3CC3)noc12. The van der Waals surface area contributed by atoms with E-state index in [2.05, 4.69) is 5.16 Å². The lowest BCUT2D eigenvalue weighted by atomic mass is 10.1. The molecule has 1 aromatic carbocycles. The second-order valence-corrected chi connectivity index (χ2v) is 3.57. The van der Waals surface area contributed by atoms with Crippen molar-refractivity contribution in [2.45, 2.75) is 18.8 Å². The van der Waals surface area contributed by atoms with Crippen molar-refractivity contribution in [3.05, 3.63) is 23.9 Å². The van der Waals surface area contributed by atoms with Crippen LogP contribution in [0.1, 0.15) is 24.5 Å². The molecule has 0 aliphatic heterocycles. The highest BCUT2D eigenvalue weighted by Crippen LogP contribution is 2.43. The fraction of sp³-hybridized carbons (Fsp3) is 0.300. The zero-order valence-corrected chi connectivity index (χ0v) is 7.16. The van der Waals surface area contributed by atoms with E-state index in [1.54, 1.807) is 0 Å². The summed E-state index contributed by atoms with van der Waals surface area (Å²) in [4.78, 5) is 0. The summed E-state index contributed by atoms with van der Waals surface area (Å²) in [5.41, 5.74) is 8.26. The maximum absolute atomic E-state index is 5.76. The van der Waals surface area contributed by atoms with Gasteiger partial charge in [-0.25, -0.2) is 0 Å². The van der Waals surface area contributed by atoms with Crippen molar-refractivity contribution >= 4 is 16.7 Å². The van der Waals surface area contributed by atoms with Gasteiger partial charge in [0.05, 0.1) is 11.4 Å². The Morgan fingerprint density at radius 1 is 1.38 bits per heavy atom. The van der Waals surface area contributed by atoms with E-state index < -0.39 is 0 Å². The van der Waals surface area contributed by atoms with E-state index in [1.807, 2.05) is 18.2 Å². The number of anilines is 1. The van der Waals surface area contributed by atoms with E-state index in [9.17, 15) is 0 Å². The number of aromatic nitrogens is 1. The average molecular weight is 174 g/mol. The van der Waals surface area contributed by atoms with Crippen molar-refractivity contribution in [2.24, 2.45) is 0 Å². The van der Waals surface area contributed by atoms with Crippen LogP contribution in [-0.2, 0) is 0 Å². The maximum atomic E-state index is 5.76. The van der Waals surface area contributed by atoms with Crippen LogP contribution in [0.4, 0.5) is 5.69 Å². The molecule has 1 heterocycles. The molecular formula is C10H10N2O. The molecule has 1 aliphatic carbocycles. The molecule has 3 heteroatoms. The van der Waals surface area contributed by atoms with Crippen molar-refractivity contribution in [1.82, 2.24) is 5.16 Å². The monoisotopic (exact) mass is 174 g/mol. The van der Waals surface area contributed by atoms with Crippen LogP contribution < -0.4 is 5.73 Å². The minimum absolute atomic E-state index is 0.614. The van der Waals surface area contributed by atoms with Gasteiger partial charge in [0, 0.05) is 11.3 Å². The quantitative estimate of drug-likeness (QED) is 0.675. The number of rotatable bonds is 1. The summed E-state index contributed by atoms with van der Waals surface area (Å²) in [5, 5.41) is 5.15. The van der Waals surface area contributed by atoms with Crippen LogP contribution in [0.5, 0.6) is 0 Å². The van der Waals surface area contributed by atoms with E-state index in [0.717, 1.165) is 16.7 Å². The Morgan fingerprint density at radius 2 is 2.23 bits per heavy atom. The second kappa shape index (κ2) is 2.25. The third-order valence-corrected chi connectivity index (χ3v) is 2.52. The summed E-state index contributed by atoms with van der Waals surface area (Å²) in [6, 6.07) is 5.81. The lowest BCUT2D eigenvalue weighted by molar-refractivity contribution is 0.447. The Morgan fingerprint density at radius 3 is 3.00 bits per heavy atom. The summed E-state index contributed by atoms with van der Waals surface area (Å²) in [5.74, 6) is 0.614. The molecule has 66 valence electrons. The van der Waals surface area contributed by atoms with Gasteiger partial charge < -0.3 is 10.3 Å². The van der Waals surface area contributed by atoms with Crippen molar-refractivity contribution in [2.75, 3.05) is 5.73 Å². The molecular weight excluding hydrogens is 164 g/mol. The molecule has 1 aliphatic rings. The number of nitrogens with two attached hydrogens (primary N) is 1. The minimum Gasteiger partial charge on any atom is -0.396 e. The number of nitrogens with zero attached hydrogens (tertiary/aromatic N) is 1. The van der Waals surface area contributed by atoms with Crippen LogP contribution in [0.2, 0.25) is 0 Å². The van der Waals surface area contributed by atoms with Gasteiger partial charge in [-0.2, -0.15) is 0 Å². The van der Waals surface area contributed by atoms with E-state index in [0.29, 0.717) is 11.6 Å². The summed E-state index contributed by atoms with van der Waals surface area (Å²) in [6.07, 6.45) is 2.47. The number of para-hydroxylation sites is 1. The number of fused-ring (bicyclic) bond motifs is 1. The predicted octanol–water partition coefficient (Wildman–Crippen LogP) is 2.29. The van der Waals surface area contributed by atoms with Gasteiger partial charge in [0.15, 0.2) is 5.58 Å². The van der Waals surface area contributed by atoms with Gasteiger partial charge in [-0.15, -0.1) is 0 Å². The molecule has 0 atom stereocenters. The molecule has 1 saturated carbocycles. The van der Waals surface area contributed by atoms with Crippen LogP contribution in [-0.4, -0.2) is 5.16 Å². The highest BCUT2D eigenvalue weighted by molar-refractivity contribution is 5.89. The Bertz CT molecular complexity index is 457. The molecule has 1 fully saturated rings. The molecule has 0 unspecified atom stereocenters. The fourth-order valence-electron chi connectivity index (χ4n) is 1.65. The third-order valence-electron chi connectivity index (χ3n) is 2.52. The summed E-state index contributed by atoms with van der Waals surface area (Å²) >= 11 is 0. The Labute approximate surface area is 75.5 Å². The smallest absolute Gasteiger partial charge is 0.189 e. The normalized spacial score (nSPS) is 16.6. The van der Waals surface area contributed by atoms with E-state index >= 15 is 0 Å². The lowest BCUT2D eigenvalue weighted by Crippen LogP contribution is -1.84. The molecule has 3 nitrogen and oxygen atoms in total. The highest BCUT2D eigenvalue weighted by Gasteiger charge is 2.29. The largest absolute Gasteiger partial charge is 0.396 e. The average Bonchev–Trinajstić information content (AvgIpc) is 2.87. The number of benzene rings is 1. The van der Waals surface area contributed by atoms with Gasteiger partial charge in [-0.1, -0.05) is 11.2 Å².